The van der Waals surface area contributed by atoms with Crippen LogP contribution in [0.5, 0.6) is 23.0 Å². The summed E-state index contributed by atoms with van der Waals surface area (Å²) in [5, 5.41) is 3.05. The molecule has 0 fully saturated rings. The highest BCUT2D eigenvalue weighted by Gasteiger charge is 2.33. The van der Waals surface area contributed by atoms with Gasteiger partial charge in [0.2, 0.25) is 0 Å². The van der Waals surface area contributed by atoms with E-state index in [1.807, 2.05) is 72.5 Å². The van der Waals surface area contributed by atoms with Gasteiger partial charge in [0.1, 0.15) is 11.5 Å². The number of benzene rings is 3. The Bertz CT molecular complexity index is 1150. The zero-order valence-electron chi connectivity index (χ0n) is 20.0. The summed E-state index contributed by atoms with van der Waals surface area (Å²) < 4.78 is 22.1. The molecule has 1 aliphatic heterocycles. The molecule has 178 valence electrons. The number of para-hydroxylation sites is 2. The van der Waals surface area contributed by atoms with E-state index in [0.29, 0.717) is 42.5 Å². The number of hydrogen-bond acceptors (Lipinski definition) is 5. The molecule has 0 aliphatic carbocycles. The van der Waals surface area contributed by atoms with E-state index in [0.717, 1.165) is 22.4 Å². The van der Waals surface area contributed by atoms with E-state index in [9.17, 15) is 4.79 Å². The number of carbonyl (C=O) groups excluding carboxylic acids is 1. The van der Waals surface area contributed by atoms with Crippen molar-refractivity contribution in [2.24, 2.45) is 0 Å². The third kappa shape index (κ3) is 4.59. The maximum atomic E-state index is 13.6. The number of nitrogens with one attached hydrogen (secondary N) is 1. The van der Waals surface area contributed by atoms with Crippen LogP contribution in [0.25, 0.3) is 0 Å². The van der Waals surface area contributed by atoms with Crippen molar-refractivity contribution in [3.05, 3.63) is 77.4 Å². The molecular weight excluding hydrogens is 432 g/mol. The van der Waals surface area contributed by atoms with Crippen molar-refractivity contribution in [2.75, 3.05) is 39.8 Å². The van der Waals surface area contributed by atoms with Crippen LogP contribution in [0.15, 0.2) is 60.7 Å². The van der Waals surface area contributed by atoms with E-state index < -0.39 is 0 Å². The fourth-order valence-electron chi connectivity index (χ4n) is 4.35. The Morgan fingerprint density at radius 2 is 1.65 bits per heavy atom. The average molecular weight is 463 g/mol. The lowest BCUT2D eigenvalue weighted by molar-refractivity contribution is 0.193. The Kier molecular flexibility index (Phi) is 7.11. The Labute approximate surface area is 200 Å². The van der Waals surface area contributed by atoms with Crippen molar-refractivity contribution in [3.8, 4) is 23.0 Å². The molecular formula is C27H30N2O5. The van der Waals surface area contributed by atoms with E-state index in [1.165, 1.54) is 0 Å². The SMILES string of the molecule is CCOc1ccccc1NC(=O)N1CCc2cc(OC)c(OC)cc2[C@@H]1c1ccc(OC)cc1. The summed E-state index contributed by atoms with van der Waals surface area (Å²) in [6, 6.07) is 18.7. The van der Waals surface area contributed by atoms with E-state index in [2.05, 4.69) is 5.32 Å². The fraction of sp³-hybridized carbons (Fsp3) is 0.296. The highest BCUT2D eigenvalue weighted by molar-refractivity contribution is 5.91. The van der Waals surface area contributed by atoms with Gasteiger partial charge in [0, 0.05) is 6.54 Å². The van der Waals surface area contributed by atoms with Crippen LogP contribution in [0.1, 0.15) is 29.7 Å². The van der Waals surface area contributed by atoms with E-state index in [-0.39, 0.29) is 12.1 Å². The summed E-state index contributed by atoms with van der Waals surface area (Å²) in [4.78, 5) is 15.4. The van der Waals surface area contributed by atoms with Crippen LogP contribution < -0.4 is 24.3 Å². The predicted molar refractivity (Wildman–Crippen MR) is 131 cm³/mol. The first-order chi connectivity index (χ1) is 16.6. The normalized spacial score (nSPS) is 14.7. The Hall–Kier alpha value is -3.87. The third-order valence-corrected chi connectivity index (χ3v) is 5.99. The van der Waals surface area contributed by atoms with Crippen molar-refractivity contribution in [2.45, 2.75) is 19.4 Å². The lowest BCUT2D eigenvalue weighted by Gasteiger charge is -2.38. The molecule has 3 aromatic rings. The molecule has 4 rings (SSSR count). The second-order valence-corrected chi connectivity index (χ2v) is 7.88. The van der Waals surface area contributed by atoms with Gasteiger partial charge >= 0.3 is 6.03 Å². The zero-order valence-corrected chi connectivity index (χ0v) is 20.0. The molecule has 7 nitrogen and oxygen atoms in total. The summed E-state index contributed by atoms with van der Waals surface area (Å²) in [6.45, 7) is 2.98. The molecule has 1 aliphatic rings. The molecule has 7 heteroatoms. The quantitative estimate of drug-likeness (QED) is 0.517. The largest absolute Gasteiger partial charge is 0.497 e. The van der Waals surface area contributed by atoms with Gasteiger partial charge in [-0.05, 0) is 66.4 Å². The molecule has 0 radical (unpaired) electrons. The van der Waals surface area contributed by atoms with Crippen LogP contribution in [0.4, 0.5) is 10.5 Å². The lowest BCUT2D eigenvalue weighted by atomic mass is 9.87. The molecule has 2 amide bonds. The summed E-state index contributed by atoms with van der Waals surface area (Å²) in [5.41, 5.74) is 3.74. The average Bonchev–Trinajstić information content (AvgIpc) is 2.88. The number of nitrogens with zero attached hydrogens (tertiary/aromatic N) is 1. The van der Waals surface area contributed by atoms with Crippen LogP contribution in [-0.4, -0.2) is 45.4 Å². The van der Waals surface area contributed by atoms with Gasteiger partial charge in [-0.3, -0.25) is 0 Å². The molecule has 1 heterocycles. The molecule has 0 bridgehead atoms. The number of urea groups is 1. The molecule has 0 saturated heterocycles. The predicted octanol–water partition coefficient (Wildman–Crippen LogP) is 5.29. The van der Waals surface area contributed by atoms with Crippen molar-refractivity contribution < 1.29 is 23.7 Å². The van der Waals surface area contributed by atoms with Crippen molar-refractivity contribution in [1.29, 1.82) is 0 Å². The maximum Gasteiger partial charge on any atom is 0.322 e. The van der Waals surface area contributed by atoms with E-state index in [4.69, 9.17) is 18.9 Å². The summed E-state index contributed by atoms with van der Waals surface area (Å²) in [5.74, 6) is 2.71. The summed E-state index contributed by atoms with van der Waals surface area (Å²) in [7, 11) is 4.88. The first-order valence-electron chi connectivity index (χ1n) is 11.3. The Morgan fingerprint density at radius 1 is 0.941 bits per heavy atom. The highest BCUT2D eigenvalue weighted by atomic mass is 16.5. The standard InChI is InChI=1S/C27H30N2O5/c1-5-34-23-9-7-6-8-22(23)28-27(30)29-15-14-19-16-24(32-3)25(33-4)17-21(19)26(29)18-10-12-20(31-2)13-11-18/h6-13,16-17,26H,5,14-15H2,1-4H3,(H,28,30)/t26-/m0/s1. The molecule has 0 spiro atoms. The number of anilines is 1. The lowest BCUT2D eigenvalue weighted by Crippen LogP contribution is -2.43. The number of ether oxygens (including phenoxy) is 4. The molecule has 1 N–H and O–H groups in total. The second kappa shape index (κ2) is 10.4. The minimum atomic E-state index is -0.311. The second-order valence-electron chi connectivity index (χ2n) is 7.88. The summed E-state index contributed by atoms with van der Waals surface area (Å²) in [6.07, 6.45) is 0.697. The fourth-order valence-corrected chi connectivity index (χ4v) is 4.35. The van der Waals surface area contributed by atoms with Crippen LogP contribution in [0.2, 0.25) is 0 Å². The third-order valence-electron chi connectivity index (χ3n) is 5.99. The number of amides is 2. The van der Waals surface area contributed by atoms with Crippen LogP contribution in [-0.2, 0) is 6.42 Å². The number of rotatable bonds is 7. The minimum absolute atomic E-state index is 0.201. The first kappa shape index (κ1) is 23.3. The Balaban J connectivity index is 1.75. The van der Waals surface area contributed by atoms with Gasteiger partial charge in [0.25, 0.3) is 0 Å². The van der Waals surface area contributed by atoms with E-state index >= 15 is 0 Å². The molecule has 0 aromatic heterocycles. The minimum Gasteiger partial charge on any atom is -0.497 e. The first-order valence-corrected chi connectivity index (χ1v) is 11.3. The van der Waals surface area contributed by atoms with Gasteiger partial charge in [0.05, 0.1) is 39.7 Å². The zero-order chi connectivity index (χ0) is 24.1. The van der Waals surface area contributed by atoms with Gasteiger partial charge in [0.15, 0.2) is 11.5 Å². The topological polar surface area (TPSA) is 69.3 Å². The van der Waals surface area contributed by atoms with Gasteiger partial charge < -0.3 is 29.2 Å². The van der Waals surface area contributed by atoms with E-state index in [1.54, 1.807) is 21.3 Å². The smallest absolute Gasteiger partial charge is 0.322 e. The van der Waals surface area contributed by atoms with Crippen molar-refractivity contribution in [3.63, 3.8) is 0 Å². The van der Waals surface area contributed by atoms with Crippen LogP contribution in [0, 0.1) is 0 Å². The maximum absolute atomic E-state index is 13.6. The van der Waals surface area contributed by atoms with Gasteiger partial charge in [-0.2, -0.15) is 0 Å². The molecule has 3 aromatic carbocycles. The summed E-state index contributed by atoms with van der Waals surface area (Å²) >= 11 is 0. The highest BCUT2D eigenvalue weighted by Crippen LogP contribution is 2.41. The number of methoxy groups -OCH3 is 3. The molecule has 34 heavy (non-hydrogen) atoms. The van der Waals surface area contributed by atoms with Crippen LogP contribution >= 0.6 is 0 Å². The Morgan fingerprint density at radius 3 is 2.32 bits per heavy atom. The van der Waals surface area contributed by atoms with Gasteiger partial charge in [-0.25, -0.2) is 4.79 Å². The molecule has 0 saturated carbocycles. The molecule has 0 unspecified atom stereocenters. The number of carbonyl (C=O) groups is 1. The van der Waals surface area contributed by atoms with Crippen molar-refractivity contribution in [1.82, 2.24) is 4.90 Å². The van der Waals surface area contributed by atoms with Crippen LogP contribution in [0.3, 0.4) is 0 Å². The monoisotopic (exact) mass is 462 g/mol. The molecule has 1 atom stereocenters. The number of hydrogen-bond donors (Lipinski definition) is 1. The van der Waals surface area contributed by atoms with Gasteiger partial charge in [-0.15, -0.1) is 0 Å². The van der Waals surface area contributed by atoms with Crippen molar-refractivity contribution >= 4 is 11.7 Å². The van der Waals surface area contributed by atoms with Gasteiger partial charge in [-0.1, -0.05) is 24.3 Å². The number of fused-ring (bicyclic) bond motifs is 1.